The zero-order valence-corrected chi connectivity index (χ0v) is 13.4. The van der Waals surface area contributed by atoms with Gasteiger partial charge < -0.3 is 10.6 Å². The van der Waals surface area contributed by atoms with Crippen molar-refractivity contribution in [1.29, 1.82) is 0 Å². The first kappa shape index (κ1) is 15.7. The Morgan fingerprint density at radius 2 is 2.35 bits per heavy atom. The maximum atomic E-state index is 11.1. The number of likely N-dealkylation sites (tertiary alicyclic amines) is 1. The number of rotatable bonds is 6. The van der Waals surface area contributed by atoms with Crippen molar-refractivity contribution >= 4 is 5.91 Å². The Hall–Kier alpha value is -2.22. The molecule has 124 valence electrons. The second-order valence-electron chi connectivity index (χ2n) is 6.13. The van der Waals surface area contributed by atoms with Crippen LogP contribution >= 0.6 is 0 Å². The van der Waals surface area contributed by atoms with E-state index < -0.39 is 5.91 Å². The average molecular weight is 317 g/mol. The fraction of sp³-hybridized carbons (Fsp3) is 0.600. The predicted octanol–water partition coefficient (Wildman–Crippen LogP) is 0.380. The maximum absolute atomic E-state index is 11.1. The minimum absolute atomic E-state index is 0.0960. The van der Waals surface area contributed by atoms with Crippen molar-refractivity contribution in [2.75, 3.05) is 19.6 Å². The summed E-state index contributed by atoms with van der Waals surface area (Å²) in [6.07, 6.45) is 9.96. The minimum Gasteiger partial charge on any atom is -0.363 e. The molecule has 1 aliphatic heterocycles. The number of piperidine rings is 1. The Kier molecular flexibility index (Phi) is 4.71. The van der Waals surface area contributed by atoms with Crippen LogP contribution in [0.2, 0.25) is 0 Å². The number of aryl methyl sites for hydroxylation is 2. The van der Waals surface area contributed by atoms with Crippen LogP contribution in [-0.4, -0.2) is 55.0 Å². The molecule has 1 unspecified atom stereocenters. The second-order valence-corrected chi connectivity index (χ2v) is 6.13. The standard InChI is InChI=1S/C15H23N7O/c1-20-9-12(8-18-20)4-2-6-21-7-3-5-13(10-21)22-11-17-15(19-22)14(16)23/h8-9,11,13H,2-7,10H2,1H3,(H2,16,23). The number of primary amides is 1. The molecule has 2 N–H and O–H groups in total. The number of carbonyl (C=O) groups excluding carboxylic acids is 1. The molecule has 1 fully saturated rings. The van der Waals surface area contributed by atoms with Crippen molar-refractivity contribution in [3.63, 3.8) is 0 Å². The topological polar surface area (TPSA) is 94.9 Å². The van der Waals surface area contributed by atoms with Crippen LogP contribution < -0.4 is 5.73 Å². The summed E-state index contributed by atoms with van der Waals surface area (Å²) in [4.78, 5) is 17.5. The smallest absolute Gasteiger partial charge is 0.288 e. The lowest BCUT2D eigenvalue weighted by Crippen LogP contribution is -2.37. The number of nitrogens with two attached hydrogens (primary N) is 1. The van der Waals surface area contributed by atoms with E-state index in [2.05, 4.69) is 26.3 Å². The van der Waals surface area contributed by atoms with Gasteiger partial charge in [0.1, 0.15) is 6.33 Å². The number of carbonyl (C=O) groups is 1. The lowest BCUT2D eigenvalue weighted by Gasteiger charge is -2.32. The molecule has 0 aromatic carbocycles. The van der Waals surface area contributed by atoms with Crippen LogP contribution in [0.5, 0.6) is 0 Å². The third-order valence-electron chi connectivity index (χ3n) is 4.28. The van der Waals surface area contributed by atoms with E-state index in [4.69, 9.17) is 5.73 Å². The molecule has 2 aromatic rings. The van der Waals surface area contributed by atoms with Gasteiger partial charge in [0.2, 0.25) is 5.82 Å². The lowest BCUT2D eigenvalue weighted by atomic mass is 10.1. The molecule has 0 saturated carbocycles. The summed E-state index contributed by atoms with van der Waals surface area (Å²) in [5.41, 5.74) is 6.49. The van der Waals surface area contributed by atoms with Crippen LogP contribution in [0.25, 0.3) is 0 Å². The third-order valence-corrected chi connectivity index (χ3v) is 4.28. The first-order valence-electron chi connectivity index (χ1n) is 8.02. The summed E-state index contributed by atoms with van der Waals surface area (Å²) in [5.74, 6) is -0.480. The molecule has 3 rings (SSSR count). The largest absolute Gasteiger partial charge is 0.363 e. The molecule has 1 saturated heterocycles. The van der Waals surface area contributed by atoms with Crippen molar-refractivity contribution in [2.45, 2.75) is 31.7 Å². The van der Waals surface area contributed by atoms with Gasteiger partial charge in [-0.2, -0.15) is 5.10 Å². The summed E-state index contributed by atoms with van der Waals surface area (Å²) >= 11 is 0. The van der Waals surface area contributed by atoms with Gasteiger partial charge in [-0.15, -0.1) is 5.10 Å². The van der Waals surface area contributed by atoms with Crippen molar-refractivity contribution in [1.82, 2.24) is 29.4 Å². The average Bonchev–Trinajstić information content (AvgIpc) is 3.17. The molecule has 0 aliphatic carbocycles. The van der Waals surface area contributed by atoms with E-state index in [1.165, 1.54) is 5.56 Å². The summed E-state index contributed by atoms with van der Waals surface area (Å²) in [7, 11) is 1.94. The SMILES string of the molecule is Cn1cc(CCCN2CCCC(n3cnc(C(N)=O)n3)C2)cn1. The molecule has 1 atom stereocenters. The Balaban J connectivity index is 1.50. The Morgan fingerprint density at radius 3 is 3.04 bits per heavy atom. The molecule has 23 heavy (non-hydrogen) atoms. The molecule has 2 aromatic heterocycles. The van der Waals surface area contributed by atoms with Gasteiger partial charge >= 0.3 is 0 Å². The molecule has 1 amide bonds. The maximum Gasteiger partial charge on any atom is 0.288 e. The second kappa shape index (κ2) is 6.91. The first-order valence-corrected chi connectivity index (χ1v) is 8.02. The molecular formula is C15H23N7O. The van der Waals surface area contributed by atoms with E-state index in [1.807, 2.05) is 17.9 Å². The third kappa shape index (κ3) is 3.95. The number of hydrogen-bond acceptors (Lipinski definition) is 5. The summed E-state index contributed by atoms with van der Waals surface area (Å²) < 4.78 is 3.63. The fourth-order valence-corrected chi connectivity index (χ4v) is 3.12. The van der Waals surface area contributed by atoms with Crippen LogP contribution in [0.4, 0.5) is 0 Å². The van der Waals surface area contributed by atoms with E-state index in [1.54, 1.807) is 11.0 Å². The Morgan fingerprint density at radius 1 is 1.48 bits per heavy atom. The van der Waals surface area contributed by atoms with Gasteiger partial charge in [-0.1, -0.05) is 0 Å². The molecular weight excluding hydrogens is 294 g/mol. The zero-order valence-electron chi connectivity index (χ0n) is 13.4. The number of nitrogens with zero attached hydrogens (tertiary/aromatic N) is 6. The number of aromatic nitrogens is 5. The van der Waals surface area contributed by atoms with Crippen LogP contribution in [0.3, 0.4) is 0 Å². The highest BCUT2D eigenvalue weighted by Gasteiger charge is 2.22. The quantitative estimate of drug-likeness (QED) is 0.831. The first-order chi connectivity index (χ1) is 11.1. The van der Waals surface area contributed by atoms with Gasteiger partial charge in [0.15, 0.2) is 0 Å². The van der Waals surface area contributed by atoms with E-state index in [-0.39, 0.29) is 11.9 Å². The van der Waals surface area contributed by atoms with Crippen LogP contribution in [0, 0.1) is 0 Å². The van der Waals surface area contributed by atoms with E-state index in [0.29, 0.717) is 0 Å². The fourth-order valence-electron chi connectivity index (χ4n) is 3.12. The number of hydrogen-bond donors (Lipinski definition) is 1. The number of amides is 1. The predicted molar refractivity (Wildman–Crippen MR) is 84.8 cm³/mol. The summed E-state index contributed by atoms with van der Waals surface area (Å²) in [6.45, 7) is 3.11. The van der Waals surface area contributed by atoms with Gasteiger partial charge in [-0.25, -0.2) is 9.67 Å². The molecule has 8 heteroatoms. The highest BCUT2D eigenvalue weighted by atomic mass is 16.1. The molecule has 1 aliphatic rings. The van der Waals surface area contributed by atoms with Gasteiger partial charge in [0.05, 0.1) is 12.2 Å². The van der Waals surface area contributed by atoms with Crippen LogP contribution in [0.1, 0.15) is 41.5 Å². The summed E-state index contributed by atoms with van der Waals surface area (Å²) in [5, 5.41) is 8.39. The van der Waals surface area contributed by atoms with Crippen LogP contribution in [0.15, 0.2) is 18.7 Å². The highest BCUT2D eigenvalue weighted by Crippen LogP contribution is 2.20. The van der Waals surface area contributed by atoms with Gasteiger partial charge in [0, 0.05) is 19.8 Å². The molecule has 3 heterocycles. The molecule has 8 nitrogen and oxygen atoms in total. The van der Waals surface area contributed by atoms with Crippen molar-refractivity contribution in [3.05, 3.63) is 30.1 Å². The van der Waals surface area contributed by atoms with Crippen molar-refractivity contribution in [2.24, 2.45) is 12.8 Å². The van der Waals surface area contributed by atoms with Gasteiger partial charge in [0.25, 0.3) is 5.91 Å². The summed E-state index contributed by atoms with van der Waals surface area (Å²) in [6, 6.07) is 0.266. The minimum atomic E-state index is -0.576. The Labute approximate surface area is 135 Å². The van der Waals surface area contributed by atoms with Gasteiger partial charge in [-0.05, 0) is 44.3 Å². The monoisotopic (exact) mass is 317 g/mol. The van der Waals surface area contributed by atoms with Crippen molar-refractivity contribution in [3.8, 4) is 0 Å². The van der Waals surface area contributed by atoms with E-state index in [0.717, 1.165) is 45.3 Å². The zero-order chi connectivity index (χ0) is 16.2. The normalized spacial score (nSPS) is 19.1. The Bertz CT molecular complexity index is 662. The van der Waals surface area contributed by atoms with E-state index in [9.17, 15) is 4.79 Å². The van der Waals surface area contributed by atoms with Crippen LogP contribution in [-0.2, 0) is 13.5 Å². The highest BCUT2D eigenvalue weighted by molar-refractivity contribution is 5.88. The van der Waals surface area contributed by atoms with Crippen molar-refractivity contribution < 1.29 is 4.79 Å². The molecule has 0 bridgehead atoms. The molecule has 0 radical (unpaired) electrons. The van der Waals surface area contributed by atoms with Gasteiger partial charge in [-0.3, -0.25) is 9.48 Å². The molecule has 0 spiro atoms. The van der Waals surface area contributed by atoms with E-state index >= 15 is 0 Å². The lowest BCUT2D eigenvalue weighted by molar-refractivity contribution is 0.0989.